The first-order valence-electron chi connectivity index (χ1n) is 10.6. The Bertz CT molecular complexity index is 1120. The second kappa shape index (κ2) is 12.4. The summed E-state index contributed by atoms with van der Waals surface area (Å²) in [6, 6.07) is 5.23. The van der Waals surface area contributed by atoms with E-state index < -0.39 is 23.9 Å². The zero-order valence-electron chi connectivity index (χ0n) is 19.5. The summed E-state index contributed by atoms with van der Waals surface area (Å²) >= 11 is 0. The molecule has 2 aromatic rings. The first-order chi connectivity index (χ1) is 16.2. The fraction of sp³-hybridized carbons (Fsp3) is 0.381. The van der Waals surface area contributed by atoms with E-state index in [-0.39, 0.29) is 65.5 Å². The van der Waals surface area contributed by atoms with E-state index in [0.29, 0.717) is 31.0 Å². The van der Waals surface area contributed by atoms with Crippen LogP contribution in [0.1, 0.15) is 29.6 Å². The normalized spacial score (nSPS) is 15.1. The van der Waals surface area contributed by atoms with Crippen LogP contribution < -0.4 is 32.1 Å². The van der Waals surface area contributed by atoms with E-state index >= 15 is 0 Å². The molecule has 1 aromatic heterocycles. The number of carboxylic acids is 2. The molecule has 2 heterocycles. The minimum absolute atomic E-state index is 0. The van der Waals surface area contributed by atoms with Crippen LogP contribution in [0.25, 0.3) is 0 Å². The van der Waals surface area contributed by atoms with Gasteiger partial charge in [0.05, 0.1) is 0 Å². The molecular formula is C21H27N7NaO6. The number of aliphatic carboxylic acids is 2. The van der Waals surface area contributed by atoms with Crippen molar-refractivity contribution in [2.75, 3.05) is 41.4 Å². The zero-order chi connectivity index (χ0) is 24.8. The van der Waals surface area contributed by atoms with Crippen LogP contribution >= 0.6 is 0 Å². The number of rotatable bonds is 10. The Morgan fingerprint density at radius 3 is 2.57 bits per heavy atom. The number of likely N-dealkylation sites (N-methyl/N-ethyl adjacent to an activating group) is 1. The maximum atomic E-state index is 12.3. The molecule has 1 aromatic carbocycles. The van der Waals surface area contributed by atoms with Crippen molar-refractivity contribution in [3.8, 4) is 0 Å². The van der Waals surface area contributed by atoms with Crippen molar-refractivity contribution >= 4 is 70.5 Å². The molecule has 0 saturated carbocycles. The quantitative estimate of drug-likeness (QED) is 0.214. The molecule has 1 amide bonds. The summed E-state index contributed by atoms with van der Waals surface area (Å²) in [4.78, 5) is 55.0. The number of carboxylic acid groups (broad SMARTS) is 2. The fourth-order valence-electron chi connectivity index (χ4n) is 3.65. The van der Waals surface area contributed by atoms with Gasteiger partial charge in [-0.05, 0) is 37.1 Å². The van der Waals surface area contributed by atoms with Crippen LogP contribution in [-0.4, -0.2) is 99.8 Å². The monoisotopic (exact) mass is 496 g/mol. The average Bonchev–Trinajstić information content (AvgIpc) is 2.77. The predicted octanol–water partition coefficient (Wildman–Crippen LogP) is -0.248. The third-order valence-corrected chi connectivity index (χ3v) is 5.52. The molecule has 0 bridgehead atoms. The van der Waals surface area contributed by atoms with E-state index in [9.17, 15) is 24.3 Å². The van der Waals surface area contributed by atoms with Crippen LogP contribution in [0.3, 0.4) is 0 Å². The minimum Gasteiger partial charge on any atom is -0.481 e. The number of carbonyl (C=O) groups excluding carboxylic acids is 1. The molecule has 0 spiro atoms. The first kappa shape index (κ1) is 28.0. The van der Waals surface area contributed by atoms with Gasteiger partial charge in [0.15, 0.2) is 5.82 Å². The second-order valence-corrected chi connectivity index (χ2v) is 7.88. The van der Waals surface area contributed by atoms with Crippen molar-refractivity contribution < 1.29 is 24.6 Å². The van der Waals surface area contributed by atoms with Gasteiger partial charge in [0.2, 0.25) is 5.95 Å². The molecule has 13 nitrogen and oxygen atoms in total. The molecule has 35 heavy (non-hydrogen) atoms. The van der Waals surface area contributed by atoms with Crippen molar-refractivity contribution in [1.29, 1.82) is 0 Å². The Balaban J connectivity index is 0.00000432. The first-order valence-corrected chi connectivity index (χ1v) is 10.6. The summed E-state index contributed by atoms with van der Waals surface area (Å²) in [5, 5.41) is 26.6. The number of nitrogen functional groups attached to an aromatic ring is 1. The van der Waals surface area contributed by atoms with E-state index in [2.05, 4.69) is 25.9 Å². The van der Waals surface area contributed by atoms with Gasteiger partial charge in [-0.2, -0.15) is 4.98 Å². The number of aromatic amines is 1. The smallest absolute Gasteiger partial charge is 0.326 e. The van der Waals surface area contributed by atoms with Gasteiger partial charge in [0.1, 0.15) is 11.7 Å². The van der Waals surface area contributed by atoms with E-state index in [1.54, 1.807) is 24.3 Å². The van der Waals surface area contributed by atoms with Gasteiger partial charge >= 0.3 is 11.9 Å². The molecule has 8 N–H and O–H groups in total. The number of carbonyl (C=O) groups is 3. The Morgan fingerprint density at radius 2 is 1.94 bits per heavy atom. The van der Waals surface area contributed by atoms with Crippen LogP contribution in [-0.2, 0) is 9.59 Å². The number of fused-ring (bicyclic) bond motifs is 1. The summed E-state index contributed by atoms with van der Waals surface area (Å²) in [6.07, 6.45) is 0.134. The number of H-pyrrole nitrogens is 1. The number of anilines is 4. The third kappa shape index (κ3) is 7.34. The molecule has 0 aliphatic carbocycles. The standard InChI is InChI=1S/C21H27N7O6.Na/c1-28-13(10-24-17-16(28)19(32)27-21(22)26-17)8-9-23-12-4-2-11(3-5-12)18(31)25-14(20(33)34)6-7-15(29)30;/h2-5,13-14,23H,6-10H2,1H3,(H,25,31)(H,29,30)(H,33,34)(H4,22,24,26,27,32);/t13?,14-;/m0./s1. The van der Waals surface area contributed by atoms with Gasteiger partial charge in [-0.15, -0.1) is 0 Å². The van der Waals surface area contributed by atoms with Gasteiger partial charge in [-0.1, -0.05) is 0 Å². The molecular weight excluding hydrogens is 469 g/mol. The van der Waals surface area contributed by atoms with E-state index in [1.165, 1.54) is 0 Å². The van der Waals surface area contributed by atoms with Crippen molar-refractivity contribution in [2.45, 2.75) is 31.3 Å². The SMILES string of the molecule is CN1c2c(nc(N)[nH]c2=O)NCC1CCNc1ccc(C(=O)N[C@@H](CCC(=O)O)C(=O)O)cc1.[Na]. The number of nitrogens with zero attached hydrogens (tertiary/aromatic N) is 2. The largest absolute Gasteiger partial charge is 0.481 e. The van der Waals surface area contributed by atoms with E-state index in [0.717, 1.165) is 5.69 Å². The molecule has 183 valence electrons. The Labute approximate surface area is 222 Å². The Hall–Kier alpha value is -3.29. The molecule has 0 fully saturated rings. The fourth-order valence-corrected chi connectivity index (χ4v) is 3.65. The van der Waals surface area contributed by atoms with Crippen molar-refractivity contribution in [1.82, 2.24) is 15.3 Å². The zero-order valence-corrected chi connectivity index (χ0v) is 21.5. The summed E-state index contributed by atoms with van der Waals surface area (Å²) in [6.45, 7) is 1.18. The van der Waals surface area contributed by atoms with Crippen LogP contribution in [0.4, 0.5) is 23.1 Å². The maximum Gasteiger partial charge on any atom is 0.326 e. The summed E-state index contributed by atoms with van der Waals surface area (Å²) < 4.78 is 0. The molecule has 0 saturated heterocycles. The minimum atomic E-state index is -1.29. The van der Waals surface area contributed by atoms with Gasteiger partial charge < -0.3 is 36.8 Å². The molecule has 1 radical (unpaired) electrons. The van der Waals surface area contributed by atoms with Crippen LogP contribution in [0.5, 0.6) is 0 Å². The Morgan fingerprint density at radius 1 is 1.26 bits per heavy atom. The van der Waals surface area contributed by atoms with E-state index in [1.807, 2.05) is 11.9 Å². The van der Waals surface area contributed by atoms with Crippen molar-refractivity contribution in [3.05, 3.63) is 40.2 Å². The molecule has 1 aliphatic rings. The number of aromatic nitrogens is 2. The summed E-state index contributed by atoms with van der Waals surface area (Å²) in [7, 11) is 1.83. The number of nitrogens with one attached hydrogen (secondary N) is 4. The van der Waals surface area contributed by atoms with Crippen LogP contribution in [0, 0.1) is 0 Å². The molecule has 2 atom stereocenters. The second-order valence-electron chi connectivity index (χ2n) is 7.88. The molecule has 1 aliphatic heterocycles. The van der Waals surface area contributed by atoms with Crippen LogP contribution in [0.15, 0.2) is 29.1 Å². The molecule has 1 unspecified atom stereocenters. The van der Waals surface area contributed by atoms with E-state index in [4.69, 9.17) is 10.8 Å². The Kier molecular flexibility index (Phi) is 9.92. The predicted molar refractivity (Wildman–Crippen MR) is 131 cm³/mol. The summed E-state index contributed by atoms with van der Waals surface area (Å²) in [5.41, 5.74) is 6.73. The topological polar surface area (TPSA) is 203 Å². The van der Waals surface area contributed by atoms with Gasteiger partial charge in [-0.3, -0.25) is 19.4 Å². The van der Waals surface area contributed by atoms with Crippen molar-refractivity contribution in [3.63, 3.8) is 0 Å². The number of amides is 1. The van der Waals surface area contributed by atoms with Gasteiger partial charge in [0.25, 0.3) is 11.5 Å². The summed E-state index contributed by atoms with van der Waals surface area (Å²) in [5.74, 6) is -2.52. The number of hydrogen-bond acceptors (Lipinski definition) is 9. The number of benzene rings is 1. The third-order valence-electron chi connectivity index (χ3n) is 5.52. The molecule has 14 heteroatoms. The van der Waals surface area contributed by atoms with Crippen LogP contribution in [0.2, 0.25) is 0 Å². The van der Waals surface area contributed by atoms with Gasteiger partial charge in [0, 0.05) is 73.4 Å². The average molecular weight is 496 g/mol. The maximum absolute atomic E-state index is 12.3. The molecule has 3 rings (SSSR count). The van der Waals surface area contributed by atoms with Gasteiger partial charge in [-0.25, -0.2) is 4.79 Å². The number of nitrogens with two attached hydrogens (primary N) is 1. The number of hydrogen-bond donors (Lipinski definition) is 7. The van der Waals surface area contributed by atoms with Crippen molar-refractivity contribution in [2.24, 2.45) is 0 Å².